The van der Waals surface area contributed by atoms with Crippen molar-refractivity contribution >= 4 is 11.7 Å². The van der Waals surface area contributed by atoms with Crippen LogP contribution in [-0.4, -0.2) is 13.1 Å². The van der Waals surface area contributed by atoms with Gasteiger partial charge in [0.1, 0.15) is 11.6 Å². The molecule has 0 aliphatic heterocycles. The number of hydrogen-bond acceptors (Lipinski definition) is 2. The van der Waals surface area contributed by atoms with Crippen LogP contribution in [0.4, 0.5) is 14.9 Å². The van der Waals surface area contributed by atoms with Gasteiger partial charge in [-0.05, 0) is 61.1 Å². The first-order valence-corrected chi connectivity index (χ1v) is 8.04. The molecule has 0 aromatic heterocycles. The van der Waals surface area contributed by atoms with Crippen molar-refractivity contribution in [2.45, 2.75) is 25.8 Å². The van der Waals surface area contributed by atoms with Gasteiger partial charge in [0.2, 0.25) is 0 Å². The molecule has 2 amide bonds. The average Bonchev–Trinajstić information content (AvgIpc) is 3.40. The van der Waals surface area contributed by atoms with Crippen LogP contribution in [0.5, 0.6) is 5.75 Å². The largest absolute Gasteiger partial charge is 0.497 e. The highest BCUT2D eigenvalue weighted by Gasteiger charge is 2.33. The minimum absolute atomic E-state index is 0.0792. The zero-order valence-corrected chi connectivity index (χ0v) is 13.8. The van der Waals surface area contributed by atoms with E-state index in [-0.39, 0.29) is 11.7 Å². The molecule has 2 aromatic carbocycles. The third-order valence-corrected chi connectivity index (χ3v) is 4.23. The van der Waals surface area contributed by atoms with E-state index in [0.29, 0.717) is 5.92 Å². The van der Waals surface area contributed by atoms with Crippen LogP contribution in [0.15, 0.2) is 42.5 Å². The number of halogens is 1. The summed E-state index contributed by atoms with van der Waals surface area (Å²) in [6, 6.07) is 11.9. The standard InChI is InChI=1S/C19H21FN2O2/c1-12-3-10-17(16(20)11-12)21-19(23)22-18(13-4-5-13)14-6-8-15(24-2)9-7-14/h3,6-11,13,18H,4-5H2,1-2H3,(H2,21,22,23). The van der Waals surface area contributed by atoms with Gasteiger partial charge in [-0.1, -0.05) is 18.2 Å². The van der Waals surface area contributed by atoms with Crippen molar-refractivity contribution in [1.82, 2.24) is 5.32 Å². The Morgan fingerprint density at radius 2 is 1.92 bits per heavy atom. The van der Waals surface area contributed by atoms with E-state index in [2.05, 4.69) is 10.6 Å². The maximum absolute atomic E-state index is 13.9. The first-order valence-electron chi connectivity index (χ1n) is 8.04. The fraction of sp³-hybridized carbons (Fsp3) is 0.316. The highest BCUT2D eigenvalue weighted by Crippen LogP contribution is 2.41. The van der Waals surface area contributed by atoms with Crippen molar-refractivity contribution in [3.05, 3.63) is 59.4 Å². The molecular weight excluding hydrogens is 307 g/mol. The van der Waals surface area contributed by atoms with Crippen molar-refractivity contribution in [1.29, 1.82) is 0 Å². The third kappa shape index (κ3) is 3.85. The highest BCUT2D eigenvalue weighted by atomic mass is 19.1. The Morgan fingerprint density at radius 1 is 1.21 bits per heavy atom. The van der Waals surface area contributed by atoms with E-state index >= 15 is 0 Å². The number of nitrogens with one attached hydrogen (secondary N) is 2. The zero-order valence-electron chi connectivity index (χ0n) is 13.8. The molecule has 126 valence electrons. The van der Waals surface area contributed by atoms with Crippen LogP contribution in [0.25, 0.3) is 0 Å². The van der Waals surface area contributed by atoms with Crippen LogP contribution in [0.3, 0.4) is 0 Å². The second-order valence-corrected chi connectivity index (χ2v) is 6.17. The molecule has 1 fully saturated rings. The lowest BCUT2D eigenvalue weighted by Gasteiger charge is -2.19. The molecule has 2 aromatic rings. The molecule has 0 radical (unpaired) electrons. The summed E-state index contributed by atoms with van der Waals surface area (Å²) in [5, 5.41) is 5.56. The molecule has 24 heavy (non-hydrogen) atoms. The summed E-state index contributed by atoms with van der Waals surface area (Å²) in [5.74, 6) is 0.768. The molecule has 0 bridgehead atoms. The number of aryl methyl sites for hydroxylation is 1. The summed E-state index contributed by atoms with van der Waals surface area (Å²) in [4.78, 5) is 12.3. The van der Waals surface area contributed by atoms with Crippen molar-refractivity contribution in [3.8, 4) is 5.75 Å². The smallest absolute Gasteiger partial charge is 0.319 e. The Balaban J connectivity index is 1.69. The molecular formula is C19H21FN2O2. The molecule has 4 nitrogen and oxygen atoms in total. The maximum Gasteiger partial charge on any atom is 0.319 e. The Kier molecular flexibility index (Phi) is 4.69. The van der Waals surface area contributed by atoms with Crippen molar-refractivity contribution in [3.63, 3.8) is 0 Å². The zero-order chi connectivity index (χ0) is 17.1. The molecule has 1 unspecified atom stereocenters. The number of rotatable bonds is 5. The van der Waals surface area contributed by atoms with Gasteiger partial charge in [-0.2, -0.15) is 0 Å². The fourth-order valence-corrected chi connectivity index (χ4v) is 2.74. The van der Waals surface area contributed by atoms with Gasteiger partial charge in [0, 0.05) is 0 Å². The number of amides is 2. The minimum atomic E-state index is -0.433. The molecule has 5 heteroatoms. The van der Waals surface area contributed by atoms with Gasteiger partial charge in [-0.25, -0.2) is 9.18 Å². The SMILES string of the molecule is COc1ccc(C(NC(=O)Nc2ccc(C)cc2F)C2CC2)cc1. The molecule has 2 N–H and O–H groups in total. The van der Waals surface area contributed by atoms with Crippen molar-refractivity contribution < 1.29 is 13.9 Å². The molecule has 1 aliphatic carbocycles. The number of benzene rings is 2. The lowest BCUT2D eigenvalue weighted by Crippen LogP contribution is -2.33. The van der Waals surface area contributed by atoms with Gasteiger partial charge in [-0.3, -0.25) is 0 Å². The van der Waals surface area contributed by atoms with Crippen LogP contribution in [0, 0.1) is 18.7 Å². The van der Waals surface area contributed by atoms with E-state index in [1.165, 1.54) is 6.07 Å². The van der Waals surface area contributed by atoms with E-state index in [1.807, 2.05) is 24.3 Å². The second kappa shape index (κ2) is 6.91. The monoisotopic (exact) mass is 328 g/mol. The highest BCUT2D eigenvalue weighted by molar-refractivity contribution is 5.89. The van der Waals surface area contributed by atoms with Crippen molar-refractivity contribution in [2.75, 3.05) is 12.4 Å². The van der Waals surface area contributed by atoms with Crippen LogP contribution >= 0.6 is 0 Å². The molecule has 1 atom stereocenters. The number of carbonyl (C=O) groups excluding carboxylic acids is 1. The van der Waals surface area contributed by atoms with Gasteiger partial charge >= 0.3 is 6.03 Å². The number of urea groups is 1. The normalized spacial score (nSPS) is 14.8. The van der Waals surface area contributed by atoms with E-state index in [9.17, 15) is 9.18 Å². The Morgan fingerprint density at radius 3 is 2.50 bits per heavy atom. The van der Waals surface area contributed by atoms with Gasteiger partial charge in [0.05, 0.1) is 18.8 Å². The first kappa shape index (κ1) is 16.3. The van der Waals surface area contributed by atoms with E-state index in [4.69, 9.17) is 4.74 Å². The molecule has 3 rings (SSSR count). The van der Waals surface area contributed by atoms with Crippen LogP contribution in [-0.2, 0) is 0 Å². The third-order valence-electron chi connectivity index (χ3n) is 4.23. The van der Waals surface area contributed by atoms with Crippen LogP contribution in [0.1, 0.15) is 30.0 Å². The van der Waals surface area contributed by atoms with E-state index in [0.717, 1.165) is 29.7 Å². The molecule has 1 aliphatic rings. The number of carbonyl (C=O) groups is 1. The molecule has 0 heterocycles. The predicted molar refractivity (Wildman–Crippen MR) is 91.8 cm³/mol. The lowest BCUT2D eigenvalue weighted by atomic mass is 10.0. The summed E-state index contributed by atoms with van der Waals surface area (Å²) in [6.45, 7) is 1.81. The van der Waals surface area contributed by atoms with Crippen LogP contribution in [0.2, 0.25) is 0 Å². The topological polar surface area (TPSA) is 50.4 Å². The summed E-state index contributed by atoms with van der Waals surface area (Å²) in [6.07, 6.45) is 2.16. The van der Waals surface area contributed by atoms with E-state index < -0.39 is 11.8 Å². The summed E-state index contributed by atoms with van der Waals surface area (Å²) < 4.78 is 19.0. The lowest BCUT2D eigenvalue weighted by molar-refractivity contribution is 0.247. The summed E-state index contributed by atoms with van der Waals surface area (Å²) in [5.41, 5.74) is 2.02. The summed E-state index contributed by atoms with van der Waals surface area (Å²) in [7, 11) is 1.62. The Hall–Kier alpha value is -2.56. The number of hydrogen-bond donors (Lipinski definition) is 2. The first-order chi connectivity index (χ1) is 11.6. The van der Waals surface area contributed by atoms with Crippen molar-refractivity contribution in [2.24, 2.45) is 5.92 Å². The maximum atomic E-state index is 13.9. The minimum Gasteiger partial charge on any atom is -0.497 e. The number of anilines is 1. The molecule has 1 saturated carbocycles. The quantitative estimate of drug-likeness (QED) is 0.854. The van der Waals surface area contributed by atoms with E-state index in [1.54, 1.807) is 26.2 Å². The molecule has 0 saturated heterocycles. The predicted octanol–water partition coefficient (Wildman–Crippen LogP) is 4.42. The Labute approximate surface area is 141 Å². The van der Waals surface area contributed by atoms with Gasteiger partial charge in [0.15, 0.2) is 0 Å². The number of ether oxygens (including phenoxy) is 1. The van der Waals surface area contributed by atoms with Crippen LogP contribution < -0.4 is 15.4 Å². The van der Waals surface area contributed by atoms with Gasteiger partial charge in [-0.15, -0.1) is 0 Å². The number of methoxy groups -OCH3 is 1. The average molecular weight is 328 g/mol. The summed E-state index contributed by atoms with van der Waals surface area (Å²) >= 11 is 0. The second-order valence-electron chi connectivity index (χ2n) is 6.17. The van der Waals surface area contributed by atoms with Gasteiger partial charge in [0.25, 0.3) is 0 Å². The Bertz CT molecular complexity index is 727. The fourth-order valence-electron chi connectivity index (χ4n) is 2.74. The molecule has 0 spiro atoms. The van der Waals surface area contributed by atoms with Gasteiger partial charge < -0.3 is 15.4 Å².